The quantitative estimate of drug-likeness (QED) is 0.757. The predicted molar refractivity (Wildman–Crippen MR) is 71.6 cm³/mol. The van der Waals surface area contributed by atoms with Crippen molar-refractivity contribution >= 4 is 28.1 Å². The minimum atomic E-state index is -0.112. The van der Waals surface area contributed by atoms with E-state index in [9.17, 15) is 4.79 Å². The van der Waals surface area contributed by atoms with Gasteiger partial charge in [-0.3, -0.25) is 4.79 Å². The van der Waals surface area contributed by atoms with Crippen LogP contribution in [-0.4, -0.2) is 15.9 Å². The van der Waals surface area contributed by atoms with Crippen LogP contribution in [0.2, 0.25) is 0 Å². The Bertz CT molecular complexity index is 639. The SMILES string of the molecule is O=C(NCc1cscn1)c1cc2ccccc2[nH]1. The molecule has 5 heteroatoms. The first-order valence-corrected chi connectivity index (χ1v) is 6.50. The number of rotatable bonds is 3. The van der Waals surface area contributed by atoms with Gasteiger partial charge in [-0.05, 0) is 12.1 Å². The van der Waals surface area contributed by atoms with Crippen molar-refractivity contribution in [2.75, 3.05) is 0 Å². The first-order valence-electron chi connectivity index (χ1n) is 5.56. The van der Waals surface area contributed by atoms with Gasteiger partial charge in [0.05, 0.1) is 17.7 Å². The van der Waals surface area contributed by atoms with Crippen LogP contribution in [0, 0.1) is 0 Å². The summed E-state index contributed by atoms with van der Waals surface area (Å²) in [4.78, 5) is 19.2. The number of hydrogen-bond acceptors (Lipinski definition) is 3. The molecule has 4 nitrogen and oxygen atoms in total. The molecule has 2 aromatic heterocycles. The molecule has 18 heavy (non-hydrogen) atoms. The second-order valence-corrected chi connectivity index (χ2v) is 4.65. The molecule has 2 heterocycles. The molecular weight excluding hydrogens is 246 g/mol. The number of benzene rings is 1. The lowest BCUT2D eigenvalue weighted by Crippen LogP contribution is -2.23. The number of H-pyrrole nitrogens is 1. The number of aromatic nitrogens is 2. The van der Waals surface area contributed by atoms with Gasteiger partial charge in [-0.15, -0.1) is 11.3 Å². The van der Waals surface area contributed by atoms with Crippen molar-refractivity contribution in [1.82, 2.24) is 15.3 Å². The van der Waals surface area contributed by atoms with E-state index in [1.54, 1.807) is 5.51 Å². The number of aromatic amines is 1. The van der Waals surface area contributed by atoms with Crippen molar-refractivity contribution < 1.29 is 4.79 Å². The Morgan fingerprint density at radius 3 is 3.06 bits per heavy atom. The van der Waals surface area contributed by atoms with Crippen LogP contribution in [0.3, 0.4) is 0 Å². The van der Waals surface area contributed by atoms with Gasteiger partial charge in [0, 0.05) is 16.3 Å². The molecule has 0 saturated heterocycles. The van der Waals surface area contributed by atoms with E-state index in [1.165, 1.54) is 11.3 Å². The molecule has 0 saturated carbocycles. The molecule has 90 valence electrons. The third-order valence-corrected chi connectivity index (χ3v) is 3.32. The summed E-state index contributed by atoms with van der Waals surface area (Å²) < 4.78 is 0. The number of fused-ring (bicyclic) bond motifs is 1. The van der Waals surface area contributed by atoms with Crippen LogP contribution in [0.1, 0.15) is 16.2 Å². The zero-order chi connectivity index (χ0) is 12.4. The van der Waals surface area contributed by atoms with Crippen molar-refractivity contribution in [1.29, 1.82) is 0 Å². The molecule has 0 radical (unpaired) electrons. The zero-order valence-electron chi connectivity index (χ0n) is 9.51. The number of hydrogen-bond donors (Lipinski definition) is 2. The van der Waals surface area contributed by atoms with Crippen LogP contribution in [0.5, 0.6) is 0 Å². The van der Waals surface area contributed by atoms with Crippen LogP contribution in [0.4, 0.5) is 0 Å². The lowest BCUT2D eigenvalue weighted by atomic mass is 10.2. The highest BCUT2D eigenvalue weighted by Gasteiger charge is 2.08. The Labute approximate surface area is 108 Å². The fourth-order valence-corrected chi connectivity index (χ4v) is 2.34. The molecule has 0 fully saturated rings. The van der Waals surface area contributed by atoms with Crippen LogP contribution in [-0.2, 0) is 6.54 Å². The lowest BCUT2D eigenvalue weighted by Gasteiger charge is -2.00. The third-order valence-electron chi connectivity index (χ3n) is 2.69. The second-order valence-electron chi connectivity index (χ2n) is 3.93. The average Bonchev–Trinajstić information content (AvgIpc) is 3.04. The molecule has 1 amide bonds. The van der Waals surface area contributed by atoms with Gasteiger partial charge in [0.15, 0.2) is 0 Å². The zero-order valence-corrected chi connectivity index (χ0v) is 10.3. The third kappa shape index (κ3) is 2.12. The van der Waals surface area contributed by atoms with E-state index < -0.39 is 0 Å². The molecule has 0 aliphatic heterocycles. The molecule has 0 spiro atoms. The highest BCUT2D eigenvalue weighted by Crippen LogP contribution is 2.14. The molecule has 0 aliphatic carbocycles. The summed E-state index contributed by atoms with van der Waals surface area (Å²) >= 11 is 1.52. The van der Waals surface area contributed by atoms with Crippen molar-refractivity contribution in [3.05, 3.63) is 52.6 Å². The highest BCUT2D eigenvalue weighted by atomic mass is 32.1. The van der Waals surface area contributed by atoms with E-state index in [0.29, 0.717) is 12.2 Å². The maximum absolute atomic E-state index is 11.9. The molecule has 0 atom stereocenters. The summed E-state index contributed by atoms with van der Waals surface area (Å²) in [6, 6.07) is 9.67. The van der Waals surface area contributed by atoms with Crippen LogP contribution < -0.4 is 5.32 Å². The van der Waals surface area contributed by atoms with Gasteiger partial charge in [0.25, 0.3) is 5.91 Å². The molecule has 0 bridgehead atoms. The van der Waals surface area contributed by atoms with Gasteiger partial charge in [0.2, 0.25) is 0 Å². The Morgan fingerprint density at radius 2 is 2.28 bits per heavy atom. The Morgan fingerprint density at radius 1 is 1.39 bits per heavy atom. The van der Waals surface area contributed by atoms with E-state index in [2.05, 4.69) is 15.3 Å². The predicted octanol–water partition coefficient (Wildman–Crippen LogP) is 2.55. The van der Waals surface area contributed by atoms with Crippen molar-refractivity contribution in [3.63, 3.8) is 0 Å². The minimum Gasteiger partial charge on any atom is -0.351 e. The minimum absolute atomic E-state index is 0.112. The van der Waals surface area contributed by atoms with Crippen LogP contribution in [0.15, 0.2) is 41.2 Å². The normalized spacial score (nSPS) is 10.7. The summed E-state index contributed by atoms with van der Waals surface area (Å²) in [6.07, 6.45) is 0. The maximum atomic E-state index is 11.9. The number of nitrogens with zero attached hydrogens (tertiary/aromatic N) is 1. The Hall–Kier alpha value is -2.14. The molecule has 1 aromatic carbocycles. The molecule has 3 rings (SSSR count). The highest BCUT2D eigenvalue weighted by molar-refractivity contribution is 7.07. The molecule has 0 aliphatic rings. The molecule has 0 unspecified atom stereocenters. The maximum Gasteiger partial charge on any atom is 0.268 e. The van der Waals surface area contributed by atoms with Gasteiger partial charge < -0.3 is 10.3 Å². The fourth-order valence-electron chi connectivity index (χ4n) is 1.79. The van der Waals surface area contributed by atoms with Crippen molar-refractivity contribution in [2.45, 2.75) is 6.54 Å². The average molecular weight is 257 g/mol. The van der Waals surface area contributed by atoms with Gasteiger partial charge in [-0.1, -0.05) is 18.2 Å². The topological polar surface area (TPSA) is 57.8 Å². The largest absolute Gasteiger partial charge is 0.351 e. The van der Waals surface area contributed by atoms with Gasteiger partial charge in [0.1, 0.15) is 5.69 Å². The molecule has 3 aromatic rings. The lowest BCUT2D eigenvalue weighted by molar-refractivity contribution is 0.0946. The fraction of sp³-hybridized carbons (Fsp3) is 0.0769. The van der Waals surface area contributed by atoms with Crippen LogP contribution in [0.25, 0.3) is 10.9 Å². The summed E-state index contributed by atoms with van der Waals surface area (Å²) in [5, 5.41) is 5.80. The summed E-state index contributed by atoms with van der Waals surface area (Å²) in [5.41, 5.74) is 4.18. The number of nitrogens with one attached hydrogen (secondary N) is 2. The van der Waals surface area contributed by atoms with E-state index in [4.69, 9.17) is 0 Å². The number of carbonyl (C=O) groups is 1. The van der Waals surface area contributed by atoms with Gasteiger partial charge in [-0.2, -0.15) is 0 Å². The molecule has 2 N–H and O–H groups in total. The van der Waals surface area contributed by atoms with Crippen molar-refractivity contribution in [2.24, 2.45) is 0 Å². The second kappa shape index (κ2) is 4.62. The van der Waals surface area contributed by atoms with Crippen molar-refractivity contribution in [3.8, 4) is 0 Å². The van der Waals surface area contributed by atoms with Crippen LogP contribution >= 0.6 is 11.3 Å². The summed E-state index contributed by atoms with van der Waals surface area (Å²) in [6.45, 7) is 0.456. The Balaban J connectivity index is 1.75. The van der Waals surface area contributed by atoms with Gasteiger partial charge >= 0.3 is 0 Å². The Kier molecular flexibility index (Phi) is 2.82. The number of para-hydroxylation sites is 1. The standard InChI is InChI=1S/C13H11N3OS/c17-13(14-6-10-7-18-8-15-10)12-5-9-3-1-2-4-11(9)16-12/h1-5,7-8,16H,6H2,(H,14,17). The number of carbonyl (C=O) groups excluding carboxylic acids is 1. The first kappa shape index (κ1) is 11.0. The number of thiazole rings is 1. The van der Waals surface area contributed by atoms with Gasteiger partial charge in [-0.25, -0.2) is 4.98 Å². The molecular formula is C13H11N3OS. The first-order chi connectivity index (χ1) is 8.83. The monoisotopic (exact) mass is 257 g/mol. The van der Waals surface area contributed by atoms with E-state index in [0.717, 1.165) is 16.6 Å². The van der Waals surface area contributed by atoms with E-state index in [1.807, 2.05) is 35.7 Å². The van der Waals surface area contributed by atoms with E-state index in [-0.39, 0.29) is 5.91 Å². The summed E-state index contributed by atoms with van der Waals surface area (Å²) in [5.74, 6) is -0.112. The smallest absolute Gasteiger partial charge is 0.268 e. The number of amides is 1. The summed E-state index contributed by atoms with van der Waals surface area (Å²) in [7, 11) is 0. The van der Waals surface area contributed by atoms with E-state index >= 15 is 0 Å².